The monoisotopic (exact) mass is 257 g/mol. The average Bonchev–Trinajstić information content (AvgIpc) is 2.47. The molecule has 1 aliphatic heterocycles. The number of hydrazine groups is 1. The Morgan fingerprint density at radius 3 is 2.68 bits per heavy atom. The van der Waals surface area contributed by atoms with Gasteiger partial charge in [-0.1, -0.05) is 36.4 Å². The maximum absolute atomic E-state index is 12.0. The maximum Gasteiger partial charge on any atom is 0.262 e. The van der Waals surface area contributed by atoms with E-state index in [9.17, 15) is 9.59 Å². The minimum Gasteiger partial charge on any atom is -0.346 e. The molecule has 1 aromatic carbocycles. The van der Waals surface area contributed by atoms with Crippen LogP contribution in [0, 0.1) is 0 Å². The van der Waals surface area contributed by atoms with Crippen molar-refractivity contribution in [1.82, 2.24) is 10.3 Å². The lowest BCUT2D eigenvalue weighted by atomic mass is 10.1. The predicted molar refractivity (Wildman–Crippen MR) is 71.6 cm³/mol. The van der Waals surface area contributed by atoms with Crippen LogP contribution in [0.4, 0.5) is 0 Å². The number of carbonyl (C=O) groups is 2. The third-order valence-electron chi connectivity index (χ3n) is 2.80. The van der Waals surface area contributed by atoms with Gasteiger partial charge < -0.3 is 4.90 Å². The molecule has 1 aliphatic rings. The lowest BCUT2D eigenvalue weighted by molar-refractivity contribution is -0.117. The van der Waals surface area contributed by atoms with Gasteiger partial charge in [-0.15, -0.1) is 0 Å². The Labute approximate surface area is 111 Å². The molecule has 19 heavy (non-hydrogen) atoms. The van der Waals surface area contributed by atoms with Gasteiger partial charge in [0.05, 0.1) is 6.54 Å². The molecule has 0 saturated carbocycles. The van der Waals surface area contributed by atoms with Gasteiger partial charge in [0.15, 0.2) is 5.78 Å². The molecular weight excluding hydrogens is 242 g/mol. The van der Waals surface area contributed by atoms with Crippen molar-refractivity contribution in [2.24, 2.45) is 5.84 Å². The second kappa shape index (κ2) is 5.97. The third-order valence-corrected chi connectivity index (χ3v) is 2.80. The highest BCUT2D eigenvalue weighted by Crippen LogP contribution is 2.13. The third kappa shape index (κ3) is 3.29. The molecule has 1 amide bonds. The van der Waals surface area contributed by atoms with Crippen molar-refractivity contribution in [2.75, 3.05) is 6.54 Å². The number of hydrogen-bond acceptors (Lipinski definition) is 4. The van der Waals surface area contributed by atoms with Crippen molar-refractivity contribution in [3.05, 3.63) is 59.9 Å². The first kappa shape index (κ1) is 13.0. The van der Waals surface area contributed by atoms with Crippen molar-refractivity contribution in [3.63, 3.8) is 0 Å². The van der Waals surface area contributed by atoms with Crippen LogP contribution in [0.25, 0.3) is 0 Å². The fourth-order valence-electron chi connectivity index (χ4n) is 1.83. The van der Waals surface area contributed by atoms with E-state index in [0.29, 0.717) is 17.6 Å². The summed E-state index contributed by atoms with van der Waals surface area (Å²) in [6.45, 7) is 0.196. The second-order valence-electron chi connectivity index (χ2n) is 4.18. The van der Waals surface area contributed by atoms with Crippen LogP contribution in [0.15, 0.2) is 54.4 Å². The van der Waals surface area contributed by atoms with Gasteiger partial charge in [0.2, 0.25) is 0 Å². The fraction of sp³-hybridized carbons (Fsp3) is 0.143. The van der Waals surface area contributed by atoms with Gasteiger partial charge in [0, 0.05) is 23.5 Å². The molecule has 1 aromatic rings. The average molecular weight is 257 g/mol. The van der Waals surface area contributed by atoms with Gasteiger partial charge in [0.25, 0.3) is 5.91 Å². The molecule has 98 valence electrons. The quantitative estimate of drug-likeness (QED) is 0.364. The van der Waals surface area contributed by atoms with Gasteiger partial charge in [-0.25, -0.2) is 5.84 Å². The van der Waals surface area contributed by atoms with E-state index >= 15 is 0 Å². The number of carbonyl (C=O) groups excluding carboxylic acids is 2. The van der Waals surface area contributed by atoms with E-state index < -0.39 is 0 Å². The minimum atomic E-state index is -0.332. The van der Waals surface area contributed by atoms with E-state index in [0.717, 1.165) is 0 Å². The summed E-state index contributed by atoms with van der Waals surface area (Å²) in [5.41, 5.74) is 3.27. The minimum absolute atomic E-state index is 0.00379. The summed E-state index contributed by atoms with van der Waals surface area (Å²) in [6, 6.07) is 9.05. The molecule has 1 heterocycles. The zero-order chi connectivity index (χ0) is 13.7. The first-order valence-electron chi connectivity index (χ1n) is 5.93. The van der Waals surface area contributed by atoms with Crippen LogP contribution >= 0.6 is 0 Å². The number of amides is 1. The zero-order valence-electron chi connectivity index (χ0n) is 10.4. The molecular formula is C14H15N3O2. The topological polar surface area (TPSA) is 75.4 Å². The normalized spacial score (nSPS) is 13.9. The van der Waals surface area contributed by atoms with E-state index in [1.165, 1.54) is 0 Å². The molecule has 0 unspecified atom stereocenters. The van der Waals surface area contributed by atoms with Crippen LogP contribution in [-0.4, -0.2) is 23.1 Å². The Morgan fingerprint density at radius 2 is 2.00 bits per heavy atom. The molecule has 0 spiro atoms. The standard InChI is InChI=1S/C14H15N3O2/c15-16-14(19)12-7-4-8-17(9-12)10-13(18)11-5-2-1-3-6-11/h1-6,8-9H,7,10,15H2,(H,16,19). The Hall–Kier alpha value is -2.40. The number of nitrogens with one attached hydrogen (secondary N) is 1. The molecule has 5 nitrogen and oxygen atoms in total. The van der Waals surface area contributed by atoms with Crippen LogP contribution in [-0.2, 0) is 4.79 Å². The van der Waals surface area contributed by atoms with Gasteiger partial charge in [0.1, 0.15) is 0 Å². The zero-order valence-corrected chi connectivity index (χ0v) is 10.4. The molecule has 0 aromatic heterocycles. The highest BCUT2D eigenvalue weighted by atomic mass is 16.2. The van der Waals surface area contributed by atoms with E-state index in [4.69, 9.17) is 5.84 Å². The summed E-state index contributed by atoms with van der Waals surface area (Å²) < 4.78 is 0. The molecule has 3 N–H and O–H groups in total. The van der Waals surface area contributed by atoms with Crippen molar-refractivity contribution in [1.29, 1.82) is 0 Å². The fourth-order valence-corrected chi connectivity index (χ4v) is 1.83. The van der Waals surface area contributed by atoms with E-state index in [2.05, 4.69) is 5.43 Å². The molecule has 0 fully saturated rings. The summed E-state index contributed by atoms with van der Waals surface area (Å²) in [7, 11) is 0. The molecule has 2 rings (SSSR count). The first-order chi connectivity index (χ1) is 9.20. The van der Waals surface area contributed by atoms with Crippen molar-refractivity contribution in [3.8, 4) is 0 Å². The Kier molecular flexibility index (Phi) is 4.10. The van der Waals surface area contributed by atoms with E-state index in [1.54, 1.807) is 29.4 Å². The highest BCUT2D eigenvalue weighted by molar-refractivity contribution is 5.98. The molecule has 0 atom stereocenters. The number of rotatable bonds is 4. The number of hydrogen-bond donors (Lipinski definition) is 2. The number of allylic oxidation sites excluding steroid dienone is 1. The highest BCUT2D eigenvalue weighted by Gasteiger charge is 2.14. The van der Waals surface area contributed by atoms with E-state index in [-0.39, 0.29) is 18.2 Å². The lowest BCUT2D eigenvalue weighted by Gasteiger charge is -2.20. The van der Waals surface area contributed by atoms with Crippen molar-refractivity contribution < 1.29 is 9.59 Å². The summed E-state index contributed by atoms with van der Waals surface area (Å²) in [5, 5.41) is 0. The summed E-state index contributed by atoms with van der Waals surface area (Å²) in [4.78, 5) is 25.1. The van der Waals surface area contributed by atoms with Gasteiger partial charge >= 0.3 is 0 Å². The largest absolute Gasteiger partial charge is 0.346 e. The van der Waals surface area contributed by atoms with Crippen LogP contribution < -0.4 is 11.3 Å². The van der Waals surface area contributed by atoms with Gasteiger partial charge in [-0.3, -0.25) is 15.0 Å². The van der Waals surface area contributed by atoms with Gasteiger partial charge in [-0.2, -0.15) is 0 Å². The van der Waals surface area contributed by atoms with Crippen LogP contribution in [0.1, 0.15) is 16.8 Å². The first-order valence-corrected chi connectivity index (χ1v) is 5.93. The number of nitrogens with zero attached hydrogens (tertiary/aromatic N) is 1. The summed E-state index contributed by atoms with van der Waals surface area (Å²) >= 11 is 0. The predicted octanol–water partition coefficient (Wildman–Crippen LogP) is 0.962. The molecule has 0 saturated heterocycles. The Morgan fingerprint density at radius 1 is 1.26 bits per heavy atom. The van der Waals surface area contributed by atoms with E-state index in [1.807, 2.05) is 24.3 Å². The molecule has 0 radical (unpaired) electrons. The van der Waals surface area contributed by atoms with Crippen molar-refractivity contribution in [2.45, 2.75) is 6.42 Å². The number of nitrogens with two attached hydrogens (primary N) is 1. The Balaban J connectivity index is 2.05. The van der Waals surface area contributed by atoms with Crippen LogP contribution in [0.2, 0.25) is 0 Å². The Bertz CT molecular complexity index is 535. The molecule has 0 aliphatic carbocycles. The van der Waals surface area contributed by atoms with Crippen molar-refractivity contribution >= 4 is 11.7 Å². The van der Waals surface area contributed by atoms with Crippen LogP contribution in [0.5, 0.6) is 0 Å². The number of ketones is 1. The number of benzene rings is 1. The smallest absolute Gasteiger partial charge is 0.262 e. The van der Waals surface area contributed by atoms with Crippen LogP contribution in [0.3, 0.4) is 0 Å². The number of Topliss-reactive ketones (excluding diaryl/α,β-unsaturated/α-hetero) is 1. The molecule has 0 bridgehead atoms. The molecule has 5 heteroatoms. The second-order valence-corrected chi connectivity index (χ2v) is 4.18. The lowest BCUT2D eigenvalue weighted by Crippen LogP contribution is -2.33. The summed E-state index contributed by atoms with van der Waals surface area (Å²) in [6.07, 6.45) is 5.76. The maximum atomic E-state index is 12.0. The summed E-state index contributed by atoms with van der Waals surface area (Å²) in [5.74, 6) is 4.75. The van der Waals surface area contributed by atoms with Gasteiger partial charge in [-0.05, 0) is 6.42 Å². The SMILES string of the molecule is NNC(=O)C1=CN(CC(=O)c2ccccc2)C=CC1.